The molecule has 5 nitrogen and oxygen atoms in total. The lowest BCUT2D eigenvalue weighted by molar-refractivity contribution is -0.908. The molecule has 2 aromatic rings. The minimum atomic E-state index is 0.0410. The van der Waals surface area contributed by atoms with Crippen LogP contribution in [-0.2, 0) is 16.1 Å². The zero-order chi connectivity index (χ0) is 18.9. The molecule has 2 atom stereocenters. The highest BCUT2D eigenvalue weighted by Gasteiger charge is 2.24. The van der Waals surface area contributed by atoms with Crippen LogP contribution < -0.4 is 15.0 Å². The summed E-state index contributed by atoms with van der Waals surface area (Å²) in [5.74, 6) is 0.788. The van der Waals surface area contributed by atoms with Crippen LogP contribution >= 0.6 is 22.9 Å². The van der Waals surface area contributed by atoms with Gasteiger partial charge in [-0.05, 0) is 48.6 Å². The number of hydrogen-bond acceptors (Lipinski definition) is 4. The maximum absolute atomic E-state index is 12.4. The number of quaternary nitrogens is 1. The molecule has 7 heteroatoms. The zero-order valence-corrected chi connectivity index (χ0v) is 16.9. The molecule has 1 amide bonds. The predicted molar refractivity (Wildman–Crippen MR) is 108 cm³/mol. The van der Waals surface area contributed by atoms with Gasteiger partial charge in [-0.2, -0.15) is 0 Å². The van der Waals surface area contributed by atoms with Gasteiger partial charge in [-0.3, -0.25) is 4.79 Å². The molecule has 146 valence electrons. The fourth-order valence-corrected chi connectivity index (χ4v) is 4.08. The van der Waals surface area contributed by atoms with Gasteiger partial charge in [-0.1, -0.05) is 17.7 Å². The van der Waals surface area contributed by atoms with E-state index in [1.807, 2.05) is 12.1 Å². The Hall–Kier alpha value is -1.60. The first-order valence-electron chi connectivity index (χ1n) is 9.31. The summed E-state index contributed by atoms with van der Waals surface area (Å²) in [6, 6.07) is 11.4. The first kappa shape index (κ1) is 20.1. The molecule has 0 aliphatic carbocycles. The van der Waals surface area contributed by atoms with Gasteiger partial charge in [0.2, 0.25) is 0 Å². The molecule has 1 aliphatic rings. The van der Waals surface area contributed by atoms with E-state index >= 15 is 0 Å². The highest BCUT2D eigenvalue weighted by Crippen LogP contribution is 2.15. The fraction of sp³-hybridized carbons (Fsp3) is 0.450. The normalized spacial score (nSPS) is 17.6. The van der Waals surface area contributed by atoms with Crippen molar-refractivity contribution >= 4 is 28.8 Å². The lowest BCUT2D eigenvalue weighted by Gasteiger charge is -2.21. The molecule has 1 unspecified atom stereocenters. The molecule has 0 bridgehead atoms. The van der Waals surface area contributed by atoms with Crippen molar-refractivity contribution in [3.05, 3.63) is 51.7 Å². The van der Waals surface area contributed by atoms with E-state index in [0.29, 0.717) is 24.7 Å². The Morgan fingerprint density at radius 1 is 1.33 bits per heavy atom. The summed E-state index contributed by atoms with van der Waals surface area (Å²) in [6.07, 6.45) is 2.47. The number of nitrogens with one attached hydrogen (secondary N) is 2. The third-order valence-electron chi connectivity index (χ3n) is 4.46. The van der Waals surface area contributed by atoms with Crippen molar-refractivity contribution in [2.75, 3.05) is 32.8 Å². The number of carbonyl (C=O) groups is 1. The summed E-state index contributed by atoms with van der Waals surface area (Å²) >= 11 is 7.58. The fourth-order valence-electron chi connectivity index (χ4n) is 3.17. The Morgan fingerprint density at radius 2 is 2.19 bits per heavy atom. The third kappa shape index (κ3) is 7.14. The highest BCUT2D eigenvalue weighted by atomic mass is 35.5. The van der Waals surface area contributed by atoms with Gasteiger partial charge in [0.25, 0.3) is 5.91 Å². The second-order valence-corrected chi connectivity index (χ2v) is 8.14. The van der Waals surface area contributed by atoms with Gasteiger partial charge >= 0.3 is 0 Å². The van der Waals surface area contributed by atoms with Crippen molar-refractivity contribution in [1.29, 1.82) is 0 Å². The van der Waals surface area contributed by atoms with Gasteiger partial charge in [0.1, 0.15) is 31.5 Å². The first-order valence-corrected chi connectivity index (χ1v) is 10.6. The second-order valence-electron chi connectivity index (χ2n) is 6.67. The van der Waals surface area contributed by atoms with Gasteiger partial charge in [0, 0.05) is 11.6 Å². The topological polar surface area (TPSA) is 52.0 Å². The number of amides is 1. The number of carbonyl (C=O) groups excluding carboxylic acids is 1. The molecule has 1 aromatic carbocycles. The summed E-state index contributed by atoms with van der Waals surface area (Å²) in [5, 5.41) is 5.70. The lowest BCUT2D eigenvalue weighted by atomic mass is 10.2. The van der Waals surface area contributed by atoms with E-state index in [-0.39, 0.29) is 12.0 Å². The number of ether oxygens (including phenoxy) is 2. The van der Waals surface area contributed by atoms with Crippen LogP contribution in [0.2, 0.25) is 5.02 Å². The maximum atomic E-state index is 12.4. The lowest BCUT2D eigenvalue weighted by Crippen LogP contribution is -3.13. The van der Waals surface area contributed by atoms with Crippen LogP contribution in [0.3, 0.4) is 0 Å². The monoisotopic (exact) mass is 409 g/mol. The van der Waals surface area contributed by atoms with Crippen LogP contribution in [0.5, 0.6) is 5.75 Å². The van der Waals surface area contributed by atoms with Crippen molar-refractivity contribution in [2.45, 2.75) is 25.5 Å². The Kier molecular flexibility index (Phi) is 7.95. The van der Waals surface area contributed by atoms with Crippen molar-refractivity contribution in [2.24, 2.45) is 0 Å². The summed E-state index contributed by atoms with van der Waals surface area (Å²) in [5.41, 5.74) is 0. The van der Waals surface area contributed by atoms with Crippen molar-refractivity contribution < 1.29 is 19.2 Å². The largest absolute Gasteiger partial charge is 0.492 e. The van der Waals surface area contributed by atoms with Gasteiger partial charge in [-0.15, -0.1) is 11.3 Å². The van der Waals surface area contributed by atoms with E-state index in [9.17, 15) is 4.79 Å². The highest BCUT2D eigenvalue weighted by molar-refractivity contribution is 7.09. The smallest absolute Gasteiger partial charge is 0.275 e. The SMILES string of the molecule is O=C(C[NH+](Cc1cccs1)C[C@H]1CCCO1)NCCOc1ccc(Cl)cc1. The molecule has 2 N–H and O–H groups in total. The third-order valence-corrected chi connectivity index (χ3v) is 5.59. The van der Waals surface area contributed by atoms with E-state index in [1.165, 1.54) is 9.78 Å². The first-order chi connectivity index (χ1) is 13.2. The molecular weight excluding hydrogens is 384 g/mol. The maximum Gasteiger partial charge on any atom is 0.275 e. The van der Waals surface area contributed by atoms with E-state index < -0.39 is 0 Å². The molecule has 2 heterocycles. The number of halogens is 1. The van der Waals surface area contributed by atoms with E-state index in [1.54, 1.807) is 23.5 Å². The molecule has 0 radical (unpaired) electrons. The Balaban J connectivity index is 1.41. The number of benzene rings is 1. The summed E-state index contributed by atoms with van der Waals surface area (Å²) in [4.78, 5) is 14.9. The van der Waals surface area contributed by atoms with Crippen LogP contribution in [-0.4, -0.2) is 44.9 Å². The number of hydrogen-bond donors (Lipinski definition) is 2. The summed E-state index contributed by atoms with van der Waals surface area (Å²) in [6.45, 7) is 3.91. The molecule has 1 saturated heterocycles. The average molecular weight is 410 g/mol. The Labute approximate surface area is 169 Å². The van der Waals surface area contributed by atoms with Gasteiger partial charge in [0.15, 0.2) is 6.54 Å². The molecule has 1 aliphatic heterocycles. The van der Waals surface area contributed by atoms with Gasteiger partial charge in [0.05, 0.1) is 11.4 Å². The zero-order valence-electron chi connectivity index (χ0n) is 15.3. The van der Waals surface area contributed by atoms with Crippen molar-refractivity contribution in [1.82, 2.24) is 5.32 Å². The molecule has 3 rings (SSSR count). The quantitative estimate of drug-likeness (QED) is 0.591. The Morgan fingerprint density at radius 3 is 2.89 bits per heavy atom. The van der Waals surface area contributed by atoms with Crippen LogP contribution in [0.1, 0.15) is 17.7 Å². The van der Waals surface area contributed by atoms with E-state index in [4.69, 9.17) is 21.1 Å². The van der Waals surface area contributed by atoms with Crippen LogP contribution in [0.25, 0.3) is 0 Å². The minimum absolute atomic E-state index is 0.0410. The van der Waals surface area contributed by atoms with Crippen LogP contribution in [0.4, 0.5) is 0 Å². The minimum Gasteiger partial charge on any atom is -0.492 e. The standard InChI is InChI=1S/C20H25ClN2O3S/c21-16-5-7-17(8-6-16)26-11-9-22-20(24)15-23(13-18-3-1-10-25-18)14-19-4-2-12-27-19/h2,4-8,12,18H,1,3,9-11,13-15H2,(H,22,24)/p+1/t18-/m1/s1. The number of thiophene rings is 1. The van der Waals surface area contributed by atoms with E-state index in [2.05, 4.69) is 22.8 Å². The molecule has 27 heavy (non-hydrogen) atoms. The van der Waals surface area contributed by atoms with E-state index in [0.717, 1.165) is 38.3 Å². The van der Waals surface area contributed by atoms with Crippen LogP contribution in [0, 0.1) is 0 Å². The van der Waals surface area contributed by atoms with Crippen LogP contribution in [0.15, 0.2) is 41.8 Å². The average Bonchev–Trinajstić information content (AvgIpc) is 3.34. The molecule has 0 spiro atoms. The molecule has 0 saturated carbocycles. The predicted octanol–water partition coefficient (Wildman–Crippen LogP) is 2.16. The van der Waals surface area contributed by atoms with Crippen molar-refractivity contribution in [3.63, 3.8) is 0 Å². The van der Waals surface area contributed by atoms with Gasteiger partial charge in [-0.25, -0.2) is 0 Å². The van der Waals surface area contributed by atoms with Crippen molar-refractivity contribution in [3.8, 4) is 5.75 Å². The molecule has 1 fully saturated rings. The summed E-state index contributed by atoms with van der Waals surface area (Å²) < 4.78 is 11.4. The summed E-state index contributed by atoms with van der Waals surface area (Å²) in [7, 11) is 0. The molecular formula is C20H26ClN2O3S+. The second kappa shape index (κ2) is 10.7. The number of rotatable bonds is 10. The van der Waals surface area contributed by atoms with Gasteiger partial charge < -0.3 is 19.7 Å². The molecule has 1 aromatic heterocycles. The Bertz CT molecular complexity index is 688.